The van der Waals surface area contributed by atoms with E-state index in [0.717, 1.165) is 24.9 Å². The van der Waals surface area contributed by atoms with Crippen LogP contribution in [0.4, 0.5) is 11.8 Å². The Hall–Kier alpha value is -2.40. The highest BCUT2D eigenvalue weighted by molar-refractivity contribution is 6.31. The maximum Gasteiger partial charge on any atom is 0.224 e. The molecule has 5 rings (SSSR count). The zero-order chi connectivity index (χ0) is 24.4. The van der Waals surface area contributed by atoms with E-state index in [2.05, 4.69) is 38.9 Å². The van der Waals surface area contributed by atoms with Crippen molar-refractivity contribution >= 4 is 23.4 Å². The van der Waals surface area contributed by atoms with Gasteiger partial charge in [-0.1, -0.05) is 43.1 Å². The van der Waals surface area contributed by atoms with E-state index in [4.69, 9.17) is 17.3 Å². The summed E-state index contributed by atoms with van der Waals surface area (Å²) in [6, 6.07) is 11.6. The van der Waals surface area contributed by atoms with Crippen LogP contribution in [0.3, 0.4) is 0 Å². The maximum atomic E-state index is 9.63. The Morgan fingerprint density at radius 3 is 2.60 bits per heavy atom. The number of nitrogens with one attached hydrogen (secondary N) is 3. The molecule has 1 aromatic carbocycles. The smallest absolute Gasteiger partial charge is 0.224 e. The van der Waals surface area contributed by atoms with E-state index in [9.17, 15) is 5.26 Å². The van der Waals surface area contributed by atoms with Crippen molar-refractivity contribution in [1.82, 2.24) is 15.3 Å². The van der Waals surface area contributed by atoms with Crippen molar-refractivity contribution in [3.8, 4) is 6.07 Å². The van der Waals surface area contributed by atoms with Gasteiger partial charge in [0.1, 0.15) is 17.5 Å². The van der Waals surface area contributed by atoms with Gasteiger partial charge in [0, 0.05) is 36.2 Å². The molecule has 1 heterocycles. The highest BCUT2D eigenvalue weighted by Crippen LogP contribution is 2.49. The molecule has 5 N–H and O–H groups in total. The molecule has 0 aliphatic heterocycles. The third kappa shape index (κ3) is 5.55. The van der Waals surface area contributed by atoms with Gasteiger partial charge in [-0.25, -0.2) is 4.98 Å². The monoisotopic (exact) mass is 493 g/mol. The SMILES string of the molecule is CC1(CNc2nc(NCc3ccccc3Cl)ncc2C#N)C[C@H]2CCC[C@@H](C1)[C@@H]2NC1CC(N)C1. The fourth-order valence-electron chi connectivity index (χ4n) is 6.48. The van der Waals surface area contributed by atoms with Crippen LogP contribution in [0.15, 0.2) is 30.5 Å². The Morgan fingerprint density at radius 1 is 1.17 bits per heavy atom. The van der Waals surface area contributed by atoms with Gasteiger partial charge >= 0.3 is 0 Å². The first kappa shape index (κ1) is 24.3. The highest BCUT2D eigenvalue weighted by atomic mass is 35.5. The number of anilines is 2. The number of aromatic nitrogens is 2. The summed E-state index contributed by atoms with van der Waals surface area (Å²) in [7, 11) is 0. The standard InChI is InChI=1S/C27H36ClN7/c1-27(11-17-6-4-7-18(12-27)24(17)34-22-9-21(30)10-22)16-33-25-20(13-29)15-32-26(35-25)31-14-19-5-2-3-8-23(19)28/h2-3,5,8,15,17-18,21-22,24,34H,4,6-7,9-12,14,16,30H2,1H3,(H2,31,32,33,35)/t17-,18+,21?,22?,24-,27?. The van der Waals surface area contributed by atoms with Crippen LogP contribution in [0.2, 0.25) is 5.02 Å². The quantitative estimate of drug-likeness (QED) is 0.422. The number of halogens is 1. The van der Waals surface area contributed by atoms with E-state index in [0.29, 0.717) is 58.9 Å². The Balaban J connectivity index is 1.22. The van der Waals surface area contributed by atoms with Crippen molar-refractivity contribution in [2.24, 2.45) is 23.0 Å². The highest BCUT2D eigenvalue weighted by Gasteiger charge is 2.46. The van der Waals surface area contributed by atoms with Gasteiger partial charge in [0.2, 0.25) is 5.95 Å². The molecule has 7 nitrogen and oxygen atoms in total. The lowest BCUT2D eigenvalue weighted by atomic mass is 9.58. The van der Waals surface area contributed by atoms with Crippen LogP contribution < -0.4 is 21.7 Å². The second-order valence-electron chi connectivity index (χ2n) is 11.2. The van der Waals surface area contributed by atoms with Gasteiger partial charge in [0.25, 0.3) is 0 Å². The Labute approximate surface area is 213 Å². The molecule has 2 aromatic rings. The molecule has 3 aliphatic rings. The van der Waals surface area contributed by atoms with E-state index in [1.165, 1.54) is 32.1 Å². The molecular formula is C27H36ClN7. The first-order chi connectivity index (χ1) is 16.9. The zero-order valence-corrected chi connectivity index (χ0v) is 21.2. The number of rotatable bonds is 8. The summed E-state index contributed by atoms with van der Waals surface area (Å²) in [4.78, 5) is 8.96. The van der Waals surface area contributed by atoms with Crippen LogP contribution >= 0.6 is 11.6 Å². The number of nitrogens with two attached hydrogens (primary N) is 1. The van der Waals surface area contributed by atoms with E-state index in [1.54, 1.807) is 6.20 Å². The summed E-state index contributed by atoms with van der Waals surface area (Å²) in [5.41, 5.74) is 7.64. The van der Waals surface area contributed by atoms with Gasteiger partial charge in [-0.15, -0.1) is 0 Å². The van der Waals surface area contributed by atoms with Crippen molar-refractivity contribution < 1.29 is 0 Å². The lowest BCUT2D eigenvalue weighted by molar-refractivity contribution is 0.0251. The van der Waals surface area contributed by atoms with Crippen molar-refractivity contribution in [3.05, 3.63) is 46.6 Å². The van der Waals surface area contributed by atoms with Gasteiger partial charge < -0.3 is 21.7 Å². The minimum Gasteiger partial charge on any atom is -0.368 e. The third-order valence-electron chi connectivity index (χ3n) is 8.26. The Kier molecular flexibility index (Phi) is 7.15. The van der Waals surface area contributed by atoms with Crippen LogP contribution in [0.5, 0.6) is 0 Å². The number of nitrogens with zero attached hydrogens (tertiary/aromatic N) is 3. The number of hydrogen-bond acceptors (Lipinski definition) is 7. The van der Waals surface area contributed by atoms with Crippen LogP contribution in [0.25, 0.3) is 0 Å². The van der Waals surface area contributed by atoms with E-state index >= 15 is 0 Å². The molecule has 35 heavy (non-hydrogen) atoms. The number of hydrogen-bond donors (Lipinski definition) is 4. The predicted octanol–water partition coefficient (Wildman–Crippen LogP) is 4.69. The normalized spacial score (nSPS) is 31.8. The summed E-state index contributed by atoms with van der Waals surface area (Å²) in [6.07, 6.45) is 10.1. The summed E-state index contributed by atoms with van der Waals surface area (Å²) in [6.45, 7) is 3.72. The van der Waals surface area contributed by atoms with E-state index in [1.807, 2.05) is 24.3 Å². The van der Waals surface area contributed by atoms with Crippen LogP contribution in [0.1, 0.15) is 63.0 Å². The molecule has 4 atom stereocenters. The fraction of sp³-hybridized carbons (Fsp3) is 0.593. The molecule has 0 spiro atoms. The molecule has 3 fully saturated rings. The lowest BCUT2D eigenvalue weighted by Crippen LogP contribution is -2.59. The van der Waals surface area contributed by atoms with Crippen LogP contribution in [-0.4, -0.2) is 34.6 Å². The van der Waals surface area contributed by atoms with Gasteiger partial charge in [0.05, 0.1) is 6.20 Å². The number of nitriles is 1. The first-order valence-electron chi connectivity index (χ1n) is 12.9. The van der Waals surface area contributed by atoms with Crippen LogP contribution in [-0.2, 0) is 6.54 Å². The van der Waals surface area contributed by atoms with Crippen molar-refractivity contribution in [2.75, 3.05) is 17.2 Å². The molecular weight excluding hydrogens is 458 g/mol. The van der Waals surface area contributed by atoms with Gasteiger partial charge in [0.15, 0.2) is 0 Å². The van der Waals surface area contributed by atoms with E-state index in [-0.39, 0.29) is 5.41 Å². The lowest BCUT2D eigenvalue weighted by Gasteiger charge is -2.53. The molecule has 8 heteroatoms. The molecule has 0 saturated heterocycles. The summed E-state index contributed by atoms with van der Waals surface area (Å²) in [5, 5.41) is 21.1. The van der Waals surface area contributed by atoms with Crippen molar-refractivity contribution in [2.45, 2.75) is 76.5 Å². The zero-order valence-electron chi connectivity index (χ0n) is 20.4. The number of fused-ring (bicyclic) bond motifs is 2. The summed E-state index contributed by atoms with van der Waals surface area (Å²) >= 11 is 6.27. The molecule has 186 valence electrons. The Morgan fingerprint density at radius 2 is 1.91 bits per heavy atom. The van der Waals surface area contributed by atoms with Gasteiger partial charge in [-0.3, -0.25) is 0 Å². The second-order valence-corrected chi connectivity index (χ2v) is 11.6. The minimum absolute atomic E-state index is 0.173. The number of benzene rings is 1. The molecule has 3 aliphatic carbocycles. The molecule has 1 aromatic heterocycles. The van der Waals surface area contributed by atoms with Crippen molar-refractivity contribution in [3.63, 3.8) is 0 Å². The molecule has 1 unspecified atom stereocenters. The first-order valence-corrected chi connectivity index (χ1v) is 13.3. The average Bonchev–Trinajstić information content (AvgIpc) is 2.82. The van der Waals surface area contributed by atoms with Gasteiger partial charge in [-0.05, 0) is 67.4 Å². The molecule has 0 amide bonds. The summed E-state index contributed by atoms with van der Waals surface area (Å²) in [5.74, 6) is 2.50. The largest absolute Gasteiger partial charge is 0.368 e. The minimum atomic E-state index is 0.173. The Bertz CT molecular complexity index is 1060. The molecule has 2 bridgehead atoms. The predicted molar refractivity (Wildman–Crippen MR) is 140 cm³/mol. The van der Waals surface area contributed by atoms with Gasteiger partial charge in [-0.2, -0.15) is 10.2 Å². The second kappa shape index (κ2) is 10.3. The topological polar surface area (TPSA) is 112 Å². The van der Waals surface area contributed by atoms with Crippen LogP contribution in [0, 0.1) is 28.6 Å². The van der Waals surface area contributed by atoms with Crippen molar-refractivity contribution in [1.29, 1.82) is 5.26 Å². The average molecular weight is 494 g/mol. The third-order valence-corrected chi connectivity index (χ3v) is 8.63. The summed E-state index contributed by atoms with van der Waals surface area (Å²) < 4.78 is 0. The maximum absolute atomic E-state index is 9.63. The fourth-order valence-corrected chi connectivity index (χ4v) is 6.68. The molecule has 0 radical (unpaired) electrons. The molecule has 3 saturated carbocycles. The van der Waals surface area contributed by atoms with E-state index < -0.39 is 0 Å².